The Hall–Kier alpha value is -3.38. The quantitative estimate of drug-likeness (QED) is 0.332. The summed E-state index contributed by atoms with van der Waals surface area (Å²) >= 11 is 5.95. The molecule has 0 bridgehead atoms. The molecule has 2 heterocycles. The number of anilines is 2. The van der Waals surface area contributed by atoms with Gasteiger partial charge < -0.3 is 20.9 Å². The number of carbonyl (C=O) groups is 1. The molecule has 0 spiro atoms. The highest BCUT2D eigenvalue weighted by atomic mass is 35.5. The van der Waals surface area contributed by atoms with Gasteiger partial charge in [0.2, 0.25) is 23.3 Å². The van der Waals surface area contributed by atoms with Crippen LogP contribution in [0.5, 0.6) is 0 Å². The molecule has 9 nitrogen and oxygen atoms in total. The van der Waals surface area contributed by atoms with Crippen molar-refractivity contribution < 1.29 is 4.79 Å². The Bertz CT molecular complexity index is 987. The predicted molar refractivity (Wildman–Crippen MR) is 116 cm³/mol. The van der Waals surface area contributed by atoms with Crippen molar-refractivity contribution in [3.63, 3.8) is 0 Å². The number of nitrogens with two attached hydrogens (primary N) is 1. The zero-order chi connectivity index (χ0) is 21.7. The van der Waals surface area contributed by atoms with Crippen molar-refractivity contribution in [3.05, 3.63) is 47.4 Å². The van der Waals surface area contributed by atoms with Crippen LogP contribution >= 0.6 is 11.6 Å². The molecule has 2 aromatic rings. The van der Waals surface area contributed by atoms with Crippen LogP contribution in [0.1, 0.15) is 24.2 Å². The van der Waals surface area contributed by atoms with Crippen molar-refractivity contribution in [3.8, 4) is 6.19 Å². The molecule has 3 rings (SSSR count). The molecule has 1 aromatic heterocycles. The van der Waals surface area contributed by atoms with Crippen LogP contribution in [0.4, 0.5) is 11.5 Å². The van der Waals surface area contributed by atoms with Crippen molar-refractivity contribution in [2.75, 3.05) is 29.9 Å². The molecular weight excluding hydrogens is 404 g/mol. The SMILES string of the molecule is CC(C)C1CN(c2ccnc(Cl)n2)CCN1/C(=N\C#N)Nc1cccc(C(N)=O)c1. The fourth-order valence-electron chi connectivity index (χ4n) is 3.44. The number of nitrogens with zero attached hydrogens (tertiary/aromatic N) is 6. The highest BCUT2D eigenvalue weighted by Crippen LogP contribution is 2.23. The van der Waals surface area contributed by atoms with Gasteiger partial charge in [-0.3, -0.25) is 4.79 Å². The van der Waals surface area contributed by atoms with Gasteiger partial charge in [0, 0.05) is 37.1 Å². The number of carbonyl (C=O) groups excluding carboxylic acids is 1. The third-order valence-electron chi connectivity index (χ3n) is 4.95. The van der Waals surface area contributed by atoms with Crippen molar-refractivity contribution in [2.45, 2.75) is 19.9 Å². The summed E-state index contributed by atoms with van der Waals surface area (Å²) in [5.74, 6) is 0.946. The first-order chi connectivity index (χ1) is 14.4. The summed E-state index contributed by atoms with van der Waals surface area (Å²) in [4.78, 5) is 28.0. The number of rotatable bonds is 4. The molecule has 1 aliphatic rings. The van der Waals surface area contributed by atoms with Crippen molar-refractivity contribution >= 4 is 35.0 Å². The number of aliphatic imine (C=N–C) groups is 1. The van der Waals surface area contributed by atoms with Gasteiger partial charge in [-0.15, -0.1) is 4.99 Å². The van der Waals surface area contributed by atoms with Gasteiger partial charge in [-0.1, -0.05) is 19.9 Å². The highest BCUT2D eigenvalue weighted by Gasteiger charge is 2.32. The Balaban J connectivity index is 1.84. The smallest absolute Gasteiger partial charge is 0.248 e. The fraction of sp³-hybridized carbons (Fsp3) is 0.350. The molecule has 0 saturated carbocycles. The average molecular weight is 427 g/mol. The Morgan fingerprint density at radius 2 is 2.20 bits per heavy atom. The number of benzene rings is 1. The summed E-state index contributed by atoms with van der Waals surface area (Å²) in [6, 6.07) is 8.69. The summed E-state index contributed by atoms with van der Waals surface area (Å²) in [6.45, 7) is 6.20. The van der Waals surface area contributed by atoms with Crippen LogP contribution in [0.3, 0.4) is 0 Å². The van der Waals surface area contributed by atoms with Crippen LogP contribution in [0.2, 0.25) is 5.28 Å². The second kappa shape index (κ2) is 9.41. The first-order valence-electron chi connectivity index (χ1n) is 9.53. The van der Waals surface area contributed by atoms with Crippen LogP contribution in [0.15, 0.2) is 41.5 Å². The maximum absolute atomic E-state index is 11.5. The van der Waals surface area contributed by atoms with E-state index in [-0.39, 0.29) is 17.2 Å². The fourth-order valence-corrected chi connectivity index (χ4v) is 3.59. The van der Waals surface area contributed by atoms with Gasteiger partial charge in [-0.2, -0.15) is 5.26 Å². The minimum absolute atomic E-state index is 0.0615. The molecule has 0 radical (unpaired) electrons. The zero-order valence-corrected chi connectivity index (χ0v) is 17.5. The molecule has 0 aliphatic carbocycles. The molecule has 3 N–H and O–H groups in total. The van der Waals surface area contributed by atoms with Gasteiger partial charge in [-0.25, -0.2) is 9.97 Å². The first kappa shape index (κ1) is 21.3. The molecule has 1 amide bonds. The van der Waals surface area contributed by atoms with Gasteiger partial charge in [0.1, 0.15) is 5.82 Å². The van der Waals surface area contributed by atoms with Crippen LogP contribution in [-0.2, 0) is 0 Å². The molecule has 1 atom stereocenters. The first-order valence-corrected chi connectivity index (χ1v) is 9.90. The molecule has 1 aliphatic heterocycles. The highest BCUT2D eigenvalue weighted by molar-refractivity contribution is 6.28. The van der Waals surface area contributed by atoms with E-state index in [1.807, 2.05) is 12.3 Å². The number of piperazine rings is 1. The van der Waals surface area contributed by atoms with Crippen LogP contribution in [0, 0.1) is 17.4 Å². The number of aromatic nitrogens is 2. The molecule has 30 heavy (non-hydrogen) atoms. The third-order valence-corrected chi connectivity index (χ3v) is 5.14. The van der Waals surface area contributed by atoms with E-state index in [4.69, 9.17) is 17.3 Å². The van der Waals surface area contributed by atoms with E-state index >= 15 is 0 Å². The van der Waals surface area contributed by atoms with Crippen LogP contribution in [0.25, 0.3) is 0 Å². The summed E-state index contributed by atoms with van der Waals surface area (Å²) in [7, 11) is 0. The maximum atomic E-state index is 11.5. The second-order valence-electron chi connectivity index (χ2n) is 7.24. The Kier molecular flexibility index (Phi) is 6.69. The van der Waals surface area contributed by atoms with E-state index in [9.17, 15) is 10.1 Å². The maximum Gasteiger partial charge on any atom is 0.248 e. The van der Waals surface area contributed by atoms with Gasteiger partial charge in [0.05, 0.1) is 6.04 Å². The van der Waals surface area contributed by atoms with E-state index in [0.717, 1.165) is 5.82 Å². The lowest BCUT2D eigenvalue weighted by molar-refractivity contribution is 0.100. The number of nitriles is 1. The monoisotopic (exact) mass is 426 g/mol. The van der Waals surface area contributed by atoms with Gasteiger partial charge >= 0.3 is 0 Å². The molecule has 156 valence electrons. The van der Waals surface area contributed by atoms with Crippen molar-refractivity contribution in [1.82, 2.24) is 14.9 Å². The summed E-state index contributed by atoms with van der Waals surface area (Å²) < 4.78 is 0. The minimum atomic E-state index is -0.519. The number of halogens is 1. The number of hydrogen-bond acceptors (Lipinski definition) is 6. The average Bonchev–Trinajstić information content (AvgIpc) is 2.73. The number of nitrogens with one attached hydrogen (secondary N) is 1. The van der Waals surface area contributed by atoms with Gasteiger partial charge in [0.15, 0.2) is 0 Å². The van der Waals surface area contributed by atoms with E-state index in [1.54, 1.807) is 30.5 Å². The lowest BCUT2D eigenvalue weighted by Crippen LogP contribution is -2.58. The zero-order valence-electron chi connectivity index (χ0n) is 16.8. The van der Waals surface area contributed by atoms with Crippen LogP contribution < -0.4 is 16.0 Å². The number of amides is 1. The van der Waals surface area contributed by atoms with E-state index in [2.05, 4.69) is 43.9 Å². The molecule has 10 heteroatoms. The molecule has 1 saturated heterocycles. The summed E-state index contributed by atoms with van der Waals surface area (Å²) in [5, 5.41) is 12.6. The second-order valence-corrected chi connectivity index (χ2v) is 7.58. The lowest BCUT2D eigenvalue weighted by atomic mass is 9.99. The lowest BCUT2D eigenvalue weighted by Gasteiger charge is -2.45. The largest absolute Gasteiger partial charge is 0.366 e. The minimum Gasteiger partial charge on any atom is -0.366 e. The summed E-state index contributed by atoms with van der Waals surface area (Å²) in [5.41, 5.74) is 6.38. The number of primary amides is 1. The molecule has 1 aromatic carbocycles. The Labute approximate surface area is 180 Å². The van der Waals surface area contributed by atoms with E-state index < -0.39 is 5.91 Å². The van der Waals surface area contributed by atoms with Gasteiger partial charge in [0.25, 0.3) is 0 Å². The summed E-state index contributed by atoms with van der Waals surface area (Å²) in [6.07, 6.45) is 3.51. The topological polar surface area (TPSA) is 124 Å². The number of hydrogen-bond donors (Lipinski definition) is 2. The van der Waals surface area contributed by atoms with Crippen LogP contribution in [-0.4, -0.2) is 52.4 Å². The predicted octanol–water partition coefficient (Wildman–Crippen LogP) is 2.32. The van der Waals surface area contributed by atoms with Crippen molar-refractivity contribution in [1.29, 1.82) is 5.26 Å². The number of guanidine groups is 1. The molecular formula is C20H23ClN8O. The standard InChI is InChI=1S/C20H23ClN8O/c1-13(2)16-11-28(17-6-7-24-19(21)27-17)8-9-29(16)20(25-12-22)26-15-5-3-4-14(10-15)18(23)30/h3-7,10,13,16H,8-9,11H2,1-2H3,(H2,23,30)(H,25,26). The van der Waals surface area contributed by atoms with Gasteiger partial charge in [-0.05, 0) is 41.8 Å². The van der Waals surface area contributed by atoms with E-state index in [0.29, 0.717) is 36.8 Å². The molecule has 1 fully saturated rings. The van der Waals surface area contributed by atoms with Crippen molar-refractivity contribution in [2.24, 2.45) is 16.6 Å². The normalized spacial score (nSPS) is 17.0. The van der Waals surface area contributed by atoms with E-state index in [1.165, 1.54) is 0 Å². The third kappa shape index (κ3) is 4.96. The Morgan fingerprint density at radius 1 is 1.40 bits per heavy atom. The Morgan fingerprint density at radius 3 is 2.87 bits per heavy atom. The molecule has 1 unspecified atom stereocenters.